The number of hydrogen-bond acceptors (Lipinski definition) is 2. The van der Waals surface area contributed by atoms with Crippen LogP contribution < -0.4 is 0 Å². The fraction of sp³-hybridized carbons (Fsp3) is 0.636. The van der Waals surface area contributed by atoms with Crippen molar-refractivity contribution < 1.29 is 0 Å². The van der Waals surface area contributed by atoms with Crippen LogP contribution in [0.3, 0.4) is 0 Å². The molecule has 0 radical (unpaired) electrons. The molecule has 0 bridgehead atoms. The van der Waals surface area contributed by atoms with Gasteiger partial charge in [0.2, 0.25) is 0 Å². The van der Waals surface area contributed by atoms with Crippen molar-refractivity contribution in [2.45, 2.75) is 32.9 Å². The highest BCUT2D eigenvalue weighted by molar-refractivity contribution is 7.96. The maximum Gasteiger partial charge on any atom is 0.0497 e. The summed E-state index contributed by atoms with van der Waals surface area (Å²) in [5, 5.41) is 0. The second-order valence-electron chi connectivity index (χ2n) is 4.11. The van der Waals surface area contributed by atoms with Crippen molar-refractivity contribution in [3.63, 3.8) is 0 Å². The second-order valence-corrected chi connectivity index (χ2v) is 4.99. The molecule has 2 rings (SSSR count). The lowest BCUT2D eigenvalue weighted by molar-refractivity contribution is 0.374. The molecule has 0 spiro atoms. The van der Waals surface area contributed by atoms with Crippen LogP contribution in [0.1, 0.15) is 31.0 Å². The van der Waals surface area contributed by atoms with E-state index in [1.807, 2.05) is 11.9 Å². The summed E-state index contributed by atoms with van der Waals surface area (Å²) in [6, 6.07) is 2.28. The van der Waals surface area contributed by atoms with Crippen molar-refractivity contribution in [1.29, 1.82) is 0 Å². The van der Waals surface area contributed by atoms with Gasteiger partial charge < -0.3 is 4.57 Å². The van der Waals surface area contributed by atoms with E-state index in [-0.39, 0.29) is 0 Å². The molecule has 3 heteroatoms. The van der Waals surface area contributed by atoms with E-state index in [1.165, 1.54) is 17.8 Å². The average molecular weight is 210 g/mol. The fourth-order valence-corrected chi connectivity index (χ4v) is 2.58. The Morgan fingerprint density at radius 3 is 2.79 bits per heavy atom. The Labute approximate surface area is 90.4 Å². The van der Waals surface area contributed by atoms with Crippen LogP contribution in [0, 0.1) is 0 Å². The third kappa shape index (κ3) is 1.71. The summed E-state index contributed by atoms with van der Waals surface area (Å²) in [4.78, 5) is 0. The normalized spacial score (nSPS) is 17.4. The molecule has 0 unspecified atom stereocenters. The van der Waals surface area contributed by atoms with Crippen LogP contribution in [0.15, 0.2) is 12.3 Å². The molecule has 0 atom stereocenters. The largest absolute Gasteiger partial charge is 0.349 e. The summed E-state index contributed by atoms with van der Waals surface area (Å²) in [5.74, 6) is 0.646. The molecule has 0 amide bonds. The number of rotatable bonds is 2. The first kappa shape index (κ1) is 10.1. The molecule has 0 N–H and O–H groups in total. The SMILES string of the molecule is CSN1CCn2ccc(C(C)C)c2C1. The summed E-state index contributed by atoms with van der Waals surface area (Å²) in [7, 11) is 0. The molecule has 0 saturated heterocycles. The molecule has 1 aromatic rings. The van der Waals surface area contributed by atoms with Crippen LogP contribution in [-0.2, 0) is 13.1 Å². The summed E-state index contributed by atoms with van der Waals surface area (Å²) in [6.07, 6.45) is 4.40. The fourth-order valence-electron chi connectivity index (χ4n) is 2.06. The third-order valence-electron chi connectivity index (χ3n) is 2.91. The van der Waals surface area contributed by atoms with Crippen LogP contribution >= 0.6 is 11.9 Å². The maximum absolute atomic E-state index is 2.43. The van der Waals surface area contributed by atoms with Gasteiger partial charge in [-0.3, -0.25) is 0 Å². The average Bonchev–Trinajstić information content (AvgIpc) is 2.59. The van der Waals surface area contributed by atoms with Crippen molar-refractivity contribution in [3.8, 4) is 0 Å². The first-order valence-electron chi connectivity index (χ1n) is 5.19. The molecule has 0 fully saturated rings. The van der Waals surface area contributed by atoms with Gasteiger partial charge in [0.15, 0.2) is 0 Å². The van der Waals surface area contributed by atoms with Gasteiger partial charge in [0.05, 0.1) is 0 Å². The molecule has 1 aliphatic heterocycles. The maximum atomic E-state index is 2.43. The van der Waals surface area contributed by atoms with Gasteiger partial charge in [-0.15, -0.1) is 0 Å². The van der Waals surface area contributed by atoms with Gasteiger partial charge in [-0.25, -0.2) is 4.31 Å². The van der Waals surface area contributed by atoms with E-state index in [2.05, 4.69) is 41.2 Å². The van der Waals surface area contributed by atoms with Crippen LogP contribution in [0.2, 0.25) is 0 Å². The molecule has 0 aliphatic carbocycles. The van der Waals surface area contributed by atoms with Gasteiger partial charge >= 0.3 is 0 Å². The third-order valence-corrected chi connectivity index (χ3v) is 3.74. The molecule has 0 saturated carbocycles. The van der Waals surface area contributed by atoms with E-state index in [0.29, 0.717) is 5.92 Å². The van der Waals surface area contributed by atoms with E-state index in [9.17, 15) is 0 Å². The second kappa shape index (κ2) is 3.99. The molecule has 2 heterocycles. The monoisotopic (exact) mass is 210 g/mol. The predicted molar refractivity (Wildman–Crippen MR) is 62.4 cm³/mol. The number of hydrogen-bond donors (Lipinski definition) is 0. The van der Waals surface area contributed by atoms with Crippen LogP contribution in [0.25, 0.3) is 0 Å². The molecule has 1 aliphatic rings. The smallest absolute Gasteiger partial charge is 0.0497 e. The molecule has 14 heavy (non-hydrogen) atoms. The van der Waals surface area contributed by atoms with Gasteiger partial charge in [-0.2, -0.15) is 0 Å². The Balaban J connectivity index is 2.28. The lowest BCUT2D eigenvalue weighted by Crippen LogP contribution is -2.28. The summed E-state index contributed by atoms with van der Waals surface area (Å²) in [5.41, 5.74) is 3.03. The minimum Gasteiger partial charge on any atom is -0.349 e. The topological polar surface area (TPSA) is 8.17 Å². The van der Waals surface area contributed by atoms with Gasteiger partial charge in [0.1, 0.15) is 0 Å². The standard InChI is InChI=1S/C11H18N2S/c1-9(2)10-4-5-12-6-7-13(14-3)8-11(10)12/h4-5,9H,6-8H2,1-3H3. The zero-order valence-corrected chi connectivity index (χ0v) is 9.97. The van der Waals surface area contributed by atoms with Crippen LogP contribution in [0.5, 0.6) is 0 Å². The molecular formula is C11H18N2S. The van der Waals surface area contributed by atoms with Crippen LogP contribution in [-0.4, -0.2) is 21.7 Å². The van der Waals surface area contributed by atoms with Gasteiger partial charge in [0, 0.05) is 31.5 Å². The Bertz CT molecular complexity index is 317. The quantitative estimate of drug-likeness (QED) is 0.694. The number of nitrogens with zero attached hydrogens (tertiary/aromatic N) is 2. The highest BCUT2D eigenvalue weighted by atomic mass is 32.2. The number of fused-ring (bicyclic) bond motifs is 1. The van der Waals surface area contributed by atoms with Crippen molar-refractivity contribution >= 4 is 11.9 Å². The van der Waals surface area contributed by atoms with E-state index in [1.54, 1.807) is 0 Å². The Hall–Kier alpha value is -0.410. The van der Waals surface area contributed by atoms with Crippen molar-refractivity contribution in [1.82, 2.24) is 8.87 Å². The summed E-state index contributed by atoms with van der Waals surface area (Å²) < 4.78 is 4.84. The Morgan fingerprint density at radius 2 is 2.14 bits per heavy atom. The summed E-state index contributed by atoms with van der Waals surface area (Å²) >= 11 is 1.85. The van der Waals surface area contributed by atoms with Gasteiger partial charge in [-0.05, 0) is 23.8 Å². The first-order chi connectivity index (χ1) is 6.72. The molecule has 78 valence electrons. The lowest BCUT2D eigenvalue weighted by Gasteiger charge is -2.27. The molecule has 0 aromatic carbocycles. The van der Waals surface area contributed by atoms with E-state index >= 15 is 0 Å². The molecule has 1 aromatic heterocycles. The molecule has 2 nitrogen and oxygen atoms in total. The van der Waals surface area contributed by atoms with Crippen LogP contribution in [0.4, 0.5) is 0 Å². The zero-order valence-electron chi connectivity index (χ0n) is 9.16. The highest BCUT2D eigenvalue weighted by Crippen LogP contribution is 2.26. The van der Waals surface area contributed by atoms with Crippen molar-refractivity contribution in [3.05, 3.63) is 23.5 Å². The Kier molecular flexibility index (Phi) is 2.88. The zero-order chi connectivity index (χ0) is 10.1. The first-order valence-corrected chi connectivity index (χ1v) is 6.37. The van der Waals surface area contributed by atoms with E-state index in [0.717, 1.165) is 13.1 Å². The molecular weight excluding hydrogens is 192 g/mol. The minimum absolute atomic E-state index is 0.646. The predicted octanol–water partition coefficient (Wildman–Crippen LogP) is 2.71. The van der Waals surface area contributed by atoms with Crippen molar-refractivity contribution in [2.24, 2.45) is 0 Å². The Morgan fingerprint density at radius 1 is 1.36 bits per heavy atom. The van der Waals surface area contributed by atoms with Crippen molar-refractivity contribution in [2.75, 3.05) is 12.8 Å². The van der Waals surface area contributed by atoms with E-state index in [4.69, 9.17) is 0 Å². The minimum atomic E-state index is 0.646. The summed E-state index contributed by atoms with van der Waals surface area (Å²) in [6.45, 7) is 7.95. The lowest BCUT2D eigenvalue weighted by atomic mass is 10.0. The van der Waals surface area contributed by atoms with Gasteiger partial charge in [-0.1, -0.05) is 25.8 Å². The number of aromatic nitrogens is 1. The van der Waals surface area contributed by atoms with E-state index < -0.39 is 0 Å². The highest BCUT2D eigenvalue weighted by Gasteiger charge is 2.19. The van der Waals surface area contributed by atoms with Gasteiger partial charge in [0.25, 0.3) is 0 Å².